The summed E-state index contributed by atoms with van der Waals surface area (Å²) in [6, 6.07) is 0. The fourth-order valence-electron chi connectivity index (χ4n) is 1.25. The largest absolute Gasteiger partial charge is 0.334 e. The van der Waals surface area contributed by atoms with Gasteiger partial charge in [0.2, 0.25) is 0 Å². The van der Waals surface area contributed by atoms with Crippen LogP contribution in [0.5, 0.6) is 0 Å². The van der Waals surface area contributed by atoms with Crippen molar-refractivity contribution >= 4 is 0 Å². The van der Waals surface area contributed by atoms with E-state index in [1.807, 2.05) is 19.3 Å². The van der Waals surface area contributed by atoms with Crippen molar-refractivity contribution < 1.29 is 0 Å². The lowest BCUT2D eigenvalue weighted by atomic mass is 10.5. The molecule has 0 fully saturated rings. The van der Waals surface area contributed by atoms with E-state index in [0.29, 0.717) is 0 Å². The quantitative estimate of drug-likeness (QED) is 0.701. The van der Waals surface area contributed by atoms with Gasteiger partial charge in [0.15, 0.2) is 0 Å². The van der Waals surface area contributed by atoms with Gasteiger partial charge >= 0.3 is 0 Å². The molecule has 1 aromatic heterocycles. The van der Waals surface area contributed by atoms with Crippen LogP contribution in [0, 0.1) is 6.92 Å². The van der Waals surface area contributed by atoms with Gasteiger partial charge in [0.25, 0.3) is 0 Å². The van der Waals surface area contributed by atoms with Crippen molar-refractivity contribution in [1.82, 2.24) is 14.5 Å². The lowest BCUT2D eigenvalue weighted by molar-refractivity contribution is 0.326. The van der Waals surface area contributed by atoms with Crippen molar-refractivity contribution in [3.63, 3.8) is 0 Å². The van der Waals surface area contributed by atoms with E-state index in [0.717, 1.165) is 32.0 Å². The SMILES string of the molecule is Cc1nccn1CCN(C)CCN. The van der Waals surface area contributed by atoms with Crippen molar-refractivity contribution in [3.05, 3.63) is 18.2 Å². The Bertz CT molecular complexity index is 244. The number of nitrogens with two attached hydrogens (primary N) is 1. The maximum atomic E-state index is 5.45. The second-order valence-corrected chi connectivity index (χ2v) is 3.26. The molecule has 4 heteroatoms. The summed E-state index contributed by atoms with van der Waals surface area (Å²) in [5, 5.41) is 0. The minimum atomic E-state index is 0.722. The van der Waals surface area contributed by atoms with Crippen LogP contribution in [0.15, 0.2) is 12.4 Å². The maximum absolute atomic E-state index is 5.45. The Morgan fingerprint density at radius 1 is 1.54 bits per heavy atom. The predicted octanol–water partition coefficient (Wildman–Crippen LogP) is 0.0820. The van der Waals surface area contributed by atoms with Gasteiger partial charge < -0.3 is 15.2 Å². The highest BCUT2D eigenvalue weighted by molar-refractivity contribution is 4.88. The molecule has 0 aliphatic rings. The first-order valence-corrected chi connectivity index (χ1v) is 4.60. The molecule has 0 atom stereocenters. The second kappa shape index (κ2) is 4.99. The zero-order valence-electron chi connectivity index (χ0n) is 8.40. The molecule has 1 rings (SSSR count). The summed E-state index contributed by atoms with van der Waals surface area (Å²) in [7, 11) is 2.08. The molecule has 1 heterocycles. The first-order chi connectivity index (χ1) is 6.24. The lowest BCUT2D eigenvalue weighted by Crippen LogP contribution is -2.28. The number of hydrogen-bond acceptors (Lipinski definition) is 3. The Labute approximate surface area is 79.4 Å². The van der Waals surface area contributed by atoms with Crippen molar-refractivity contribution in [1.29, 1.82) is 0 Å². The number of aromatic nitrogens is 2. The Hall–Kier alpha value is -0.870. The van der Waals surface area contributed by atoms with E-state index in [1.165, 1.54) is 0 Å². The van der Waals surface area contributed by atoms with E-state index < -0.39 is 0 Å². The maximum Gasteiger partial charge on any atom is 0.105 e. The highest BCUT2D eigenvalue weighted by atomic mass is 15.1. The Balaban J connectivity index is 2.30. The zero-order valence-corrected chi connectivity index (χ0v) is 8.40. The highest BCUT2D eigenvalue weighted by Crippen LogP contribution is 1.95. The van der Waals surface area contributed by atoms with Crippen LogP contribution in [0.25, 0.3) is 0 Å². The van der Waals surface area contributed by atoms with Gasteiger partial charge in [0, 0.05) is 38.6 Å². The lowest BCUT2D eigenvalue weighted by Gasteiger charge is -2.15. The predicted molar refractivity (Wildman–Crippen MR) is 53.5 cm³/mol. The van der Waals surface area contributed by atoms with Gasteiger partial charge in [-0.3, -0.25) is 0 Å². The van der Waals surface area contributed by atoms with Crippen molar-refractivity contribution in [2.75, 3.05) is 26.7 Å². The van der Waals surface area contributed by atoms with Crippen molar-refractivity contribution in [3.8, 4) is 0 Å². The average molecular weight is 182 g/mol. The van der Waals surface area contributed by atoms with Gasteiger partial charge in [-0.2, -0.15) is 0 Å². The van der Waals surface area contributed by atoms with Gasteiger partial charge in [-0.25, -0.2) is 4.98 Å². The van der Waals surface area contributed by atoms with E-state index in [2.05, 4.69) is 21.5 Å². The fourth-order valence-corrected chi connectivity index (χ4v) is 1.25. The minimum absolute atomic E-state index is 0.722. The number of nitrogens with zero attached hydrogens (tertiary/aromatic N) is 3. The molecule has 0 bridgehead atoms. The van der Waals surface area contributed by atoms with Crippen LogP contribution >= 0.6 is 0 Å². The van der Waals surface area contributed by atoms with Gasteiger partial charge in [-0.15, -0.1) is 0 Å². The molecule has 74 valence electrons. The number of hydrogen-bond donors (Lipinski definition) is 1. The fraction of sp³-hybridized carbons (Fsp3) is 0.667. The minimum Gasteiger partial charge on any atom is -0.334 e. The number of likely N-dealkylation sites (N-methyl/N-ethyl adjacent to an activating group) is 1. The molecule has 0 aliphatic carbocycles. The number of imidazole rings is 1. The summed E-state index contributed by atoms with van der Waals surface area (Å²) in [5.74, 6) is 1.07. The van der Waals surface area contributed by atoms with Crippen LogP contribution in [0.1, 0.15) is 5.82 Å². The molecule has 0 aliphatic heterocycles. The smallest absolute Gasteiger partial charge is 0.105 e. The van der Waals surface area contributed by atoms with E-state index in [4.69, 9.17) is 5.73 Å². The third-order valence-corrected chi connectivity index (χ3v) is 2.16. The Morgan fingerprint density at radius 2 is 2.31 bits per heavy atom. The van der Waals surface area contributed by atoms with Gasteiger partial charge in [-0.1, -0.05) is 0 Å². The molecule has 0 aromatic carbocycles. The van der Waals surface area contributed by atoms with E-state index in [1.54, 1.807) is 0 Å². The third kappa shape index (κ3) is 3.16. The molecule has 1 aromatic rings. The van der Waals surface area contributed by atoms with E-state index >= 15 is 0 Å². The molecular formula is C9H18N4. The monoisotopic (exact) mass is 182 g/mol. The third-order valence-electron chi connectivity index (χ3n) is 2.16. The molecule has 0 unspecified atom stereocenters. The topological polar surface area (TPSA) is 47.1 Å². The number of aryl methyl sites for hydroxylation is 1. The van der Waals surface area contributed by atoms with Crippen molar-refractivity contribution in [2.45, 2.75) is 13.5 Å². The summed E-state index contributed by atoms with van der Waals surface area (Å²) >= 11 is 0. The second-order valence-electron chi connectivity index (χ2n) is 3.26. The molecule has 0 amide bonds. The van der Waals surface area contributed by atoms with Crippen LogP contribution in [-0.2, 0) is 6.54 Å². The van der Waals surface area contributed by atoms with E-state index in [-0.39, 0.29) is 0 Å². The molecular weight excluding hydrogens is 164 g/mol. The molecule has 0 saturated carbocycles. The van der Waals surface area contributed by atoms with Crippen LogP contribution in [0.4, 0.5) is 0 Å². The summed E-state index contributed by atoms with van der Waals surface area (Å²) in [6.07, 6.45) is 3.84. The molecule has 0 saturated heterocycles. The number of rotatable bonds is 5. The molecule has 4 nitrogen and oxygen atoms in total. The average Bonchev–Trinajstić information content (AvgIpc) is 2.48. The summed E-state index contributed by atoms with van der Waals surface area (Å²) < 4.78 is 2.15. The molecule has 2 N–H and O–H groups in total. The summed E-state index contributed by atoms with van der Waals surface area (Å²) in [6.45, 7) is 5.70. The molecule has 13 heavy (non-hydrogen) atoms. The van der Waals surface area contributed by atoms with E-state index in [9.17, 15) is 0 Å². The van der Waals surface area contributed by atoms with Gasteiger partial charge in [-0.05, 0) is 14.0 Å². The highest BCUT2D eigenvalue weighted by Gasteiger charge is 1.99. The molecule has 0 spiro atoms. The van der Waals surface area contributed by atoms with Crippen molar-refractivity contribution in [2.24, 2.45) is 5.73 Å². The van der Waals surface area contributed by atoms with Gasteiger partial charge in [0.1, 0.15) is 5.82 Å². The normalized spacial score (nSPS) is 11.1. The first-order valence-electron chi connectivity index (χ1n) is 4.60. The zero-order chi connectivity index (χ0) is 9.68. The van der Waals surface area contributed by atoms with Crippen LogP contribution in [0.3, 0.4) is 0 Å². The van der Waals surface area contributed by atoms with Gasteiger partial charge in [0.05, 0.1) is 0 Å². The van der Waals surface area contributed by atoms with Crippen LogP contribution < -0.4 is 5.73 Å². The molecule has 0 radical (unpaired) electrons. The summed E-state index contributed by atoms with van der Waals surface area (Å²) in [5.41, 5.74) is 5.45. The van der Waals surface area contributed by atoms with Crippen LogP contribution in [0.2, 0.25) is 0 Å². The summed E-state index contributed by atoms with van der Waals surface area (Å²) in [4.78, 5) is 6.38. The Morgan fingerprint density at radius 3 is 2.85 bits per heavy atom. The first kappa shape index (κ1) is 10.2. The van der Waals surface area contributed by atoms with Crippen LogP contribution in [-0.4, -0.2) is 41.1 Å². The Kier molecular flexibility index (Phi) is 3.92. The standard InChI is InChI=1S/C9H18N4/c1-9-11-4-6-13(9)8-7-12(2)5-3-10/h4,6H,3,5,7-8,10H2,1-2H3.